The van der Waals surface area contributed by atoms with Crippen LogP contribution in [0.4, 0.5) is 0 Å². The van der Waals surface area contributed by atoms with Crippen molar-refractivity contribution in [3.63, 3.8) is 0 Å². The highest BCUT2D eigenvalue weighted by Crippen LogP contribution is 2.40. The number of aromatic amines is 1. The first kappa shape index (κ1) is 17.3. The molecule has 0 spiro atoms. The lowest BCUT2D eigenvalue weighted by atomic mass is 10.1. The average molecular weight is 357 g/mol. The number of nitrogens with zero attached hydrogens (tertiary/aromatic N) is 3. The monoisotopic (exact) mass is 357 g/mol. The topological polar surface area (TPSA) is 87.1 Å². The maximum atomic E-state index is 12.5. The number of hydrogen-bond donors (Lipinski definition) is 2. The van der Waals surface area contributed by atoms with E-state index in [1.165, 1.54) is 5.69 Å². The van der Waals surface area contributed by atoms with E-state index in [2.05, 4.69) is 39.2 Å². The summed E-state index contributed by atoms with van der Waals surface area (Å²) in [5, 5.41) is 7.08. The van der Waals surface area contributed by atoms with Crippen molar-refractivity contribution in [3.8, 4) is 0 Å². The van der Waals surface area contributed by atoms with Gasteiger partial charge in [-0.15, -0.1) is 0 Å². The van der Waals surface area contributed by atoms with Crippen LogP contribution >= 0.6 is 0 Å². The molecular weight excluding hydrogens is 330 g/mol. The first-order valence-electron chi connectivity index (χ1n) is 9.57. The van der Waals surface area contributed by atoms with E-state index in [1.54, 1.807) is 6.07 Å². The highest BCUT2D eigenvalue weighted by Gasteiger charge is 2.33. The van der Waals surface area contributed by atoms with Crippen molar-refractivity contribution < 1.29 is 9.32 Å². The van der Waals surface area contributed by atoms with Gasteiger partial charge in [0.25, 0.3) is 5.91 Å². The van der Waals surface area contributed by atoms with Gasteiger partial charge in [0, 0.05) is 44.1 Å². The zero-order valence-electron chi connectivity index (χ0n) is 15.7. The summed E-state index contributed by atoms with van der Waals surface area (Å²) in [6, 6.07) is 1.92. The molecule has 0 unspecified atom stereocenters. The molecule has 1 saturated heterocycles. The summed E-state index contributed by atoms with van der Waals surface area (Å²) in [6.45, 7) is 8.96. The third-order valence-corrected chi connectivity index (χ3v) is 5.50. The average Bonchev–Trinajstić information content (AvgIpc) is 3.08. The van der Waals surface area contributed by atoms with E-state index >= 15 is 0 Å². The first-order valence-corrected chi connectivity index (χ1v) is 9.57. The molecule has 1 aliphatic carbocycles. The summed E-state index contributed by atoms with van der Waals surface area (Å²) >= 11 is 0. The van der Waals surface area contributed by atoms with Gasteiger partial charge in [-0.2, -0.15) is 0 Å². The summed E-state index contributed by atoms with van der Waals surface area (Å²) in [5.41, 5.74) is 2.64. The lowest BCUT2D eigenvalue weighted by molar-refractivity contribution is 0.0922. The van der Waals surface area contributed by atoms with Gasteiger partial charge in [0.15, 0.2) is 5.69 Å². The van der Waals surface area contributed by atoms with Crippen LogP contribution in [0.1, 0.15) is 66.1 Å². The third-order valence-electron chi connectivity index (χ3n) is 5.50. The molecular formula is C19H27N5O2. The lowest BCUT2D eigenvalue weighted by Crippen LogP contribution is -2.40. The van der Waals surface area contributed by atoms with E-state index < -0.39 is 0 Å². The quantitative estimate of drug-likeness (QED) is 0.829. The van der Waals surface area contributed by atoms with Gasteiger partial charge in [0.2, 0.25) is 0 Å². The van der Waals surface area contributed by atoms with E-state index in [9.17, 15) is 4.79 Å². The van der Waals surface area contributed by atoms with Crippen molar-refractivity contribution in [1.82, 2.24) is 25.3 Å². The molecule has 0 radical (unpaired) electrons. The van der Waals surface area contributed by atoms with Crippen molar-refractivity contribution in [2.45, 2.75) is 58.5 Å². The van der Waals surface area contributed by atoms with Crippen LogP contribution in [0.15, 0.2) is 10.6 Å². The van der Waals surface area contributed by atoms with Crippen LogP contribution in [0.25, 0.3) is 0 Å². The highest BCUT2D eigenvalue weighted by atomic mass is 16.5. The zero-order chi connectivity index (χ0) is 18.3. The fourth-order valence-electron chi connectivity index (χ4n) is 3.69. The van der Waals surface area contributed by atoms with Crippen molar-refractivity contribution in [2.75, 3.05) is 13.1 Å². The third kappa shape index (κ3) is 3.53. The van der Waals surface area contributed by atoms with Crippen LogP contribution in [0, 0.1) is 12.8 Å². The molecule has 2 aliphatic rings. The molecule has 7 heteroatoms. The Hall–Kier alpha value is -2.15. The number of H-pyrrole nitrogens is 1. The summed E-state index contributed by atoms with van der Waals surface area (Å²) < 4.78 is 5.29. The maximum Gasteiger partial charge on any atom is 0.273 e. The van der Waals surface area contributed by atoms with Gasteiger partial charge in [-0.3, -0.25) is 9.69 Å². The number of carbonyl (C=O) groups excluding carboxylic acids is 1. The van der Waals surface area contributed by atoms with Gasteiger partial charge >= 0.3 is 0 Å². The number of aromatic nitrogens is 3. The standard InChI is InChI=1S/C19H27N5O2/c1-4-18-20-12(3)16(21-18)10-24-8-11(2)15(9-24)22-19(25)14-7-17(26-23-14)13-5-6-13/h7,11,13,15H,4-6,8-10H2,1-3H3,(H,20,21)(H,22,25)/t11-,15-/m1/s1. The molecule has 2 N–H and O–H groups in total. The van der Waals surface area contributed by atoms with E-state index in [4.69, 9.17) is 4.52 Å². The zero-order valence-corrected chi connectivity index (χ0v) is 15.7. The molecule has 1 amide bonds. The summed E-state index contributed by atoms with van der Waals surface area (Å²) in [7, 11) is 0. The Morgan fingerprint density at radius 1 is 1.42 bits per heavy atom. The predicted molar refractivity (Wildman–Crippen MR) is 96.9 cm³/mol. The summed E-state index contributed by atoms with van der Waals surface area (Å²) in [5.74, 6) is 2.60. The van der Waals surface area contributed by atoms with Crippen molar-refractivity contribution in [1.29, 1.82) is 0 Å². The number of rotatable bonds is 6. The Bertz CT molecular complexity index is 792. The SMILES string of the molecule is CCc1nc(C)c(CN2C[C@@H](C)[C@H](NC(=O)c3cc(C4CC4)on3)C2)[nH]1. The second-order valence-electron chi connectivity index (χ2n) is 7.74. The van der Waals surface area contributed by atoms with Gasteiger partial charge in [0.05, 0.1) is 11.4 Å². The number of aryl methyl sites for hydroxylation is 2. The van der Waals surface area contributed by atoms with Gasteiger partial charge in [-0.1, -0.05) is 19.0 Å². The fraction of sp³-hybridized carbons (Fsp3) is 0.632. The molecule has 7 nitrogen and oxygen atoms in total. The second kappa shape index (κ2) is 6.87. The molecule has 1 aliphatic heterocycles. The second-order valence-corrected chi connectivity index (χ2v) is 7.74. The lowest BCUT2D eigenvalue weighted by Gasteiger charge is -2.16. The van der Waals surface area contributed by atoms with Crippen LogP contribution < -0.4 is 5.32 Å². The Balaban J connectivity index is 1.35. The molecule has 1 saturated carbocycles. The van der Waals surface area contributed by atoms with Crippen LogP contribution in [0.3, 0.4) is 0 Å². The van der Waals surface area contributed by atoms with Crippen LogP contribution in [-0.2, 0) is 13.0 Å². The van der Waals surface area contributed by atoms with E-state index in [0.29, 0.717) is 17.5 Å². The molecule has 3 heterocycles. The fourth-order valence-corrected chi connectivity index (χ4v) is 3.69. The number of likely N-dealkylation sites (tertiary alicyclic amines) is 1. The number of imidazole rings is 1. The minimum atomic E-state index is -0.134. The molecule has 2 aromatic heterocycles. The van der Waals surface area contributed by atoms with Crippen molar-refractivity contribution >= 4 is 5.91 Å². The minimum absolute atomic E-state index is 0.123. The highest BCUT2D eigenvalue weighted by molar-refractivity contribution is 5.92. The Morgan fingerprint density at radius 2 is 2.23 bits per heavy atom. The summed E-state index contributed by atoms with van der Waals surface area (Å²) in [4.78, 5) is 22.8. The molecule has 26 heavy (non-hydrogen) atoms. The van der Waals surface area contributed by atoms with Crippen molar-refractivity contribution in [2.24, 2.45) is 5.92 Å². The number of nitrogens with one attached hydrogen (secondary N) is 2. The van der Waals surface area contributed by atoms with E-state index in [-0.39, 0.29) is 11.9 Å². The molecule has 0 aromatic carbocycles. The Kier molecular flexibility index (Phi) is 4.56. The first-order chi connectivity index (χ1) is 12.5. The maximum absolute atomic E-state index is 12.5. The Morgan fingerprint density at radius 3 is 2.92 bits per heavy atom. The van der Waals surface area contributed by atoms with Crippen LogP contribution in [0.2, 0.25) is 0 Å². The van der Waals surface area contributed by atoms with Gasteiger partial charge in [-0.05, 0) is 25.7 Å². The minimum Gasteiger partial charge on any atom is -0.360 e. The van der Waals surface area contributed by atoms with E-state index in [1.807, 2.05) is 6.92 Å². The number of amides is 1. The van der Waals surface area contributed by atoms with Gasteiger partial charge < -0.3 is 14.8 Å². The smallest absolute Gasteiger partial charge is 0.273 e. The molecule has 2 aromatic rings. The van der Waals surface area contributed by atoms with Gasteiger partial charge in [0.1, 0.15) is 11.6 Å². The normalized spacial score (nSPS) is 23.5. The van der Waals surface area contributed by atoms with Crippen LogP contribution in [-0.4, -0.2) is 45.1 Å². The molecule has 2 fully saturated rings. The summed E-state index contributed by atoms with van der Waals surface area (Å²) in [6.07, 6.45) is 3.19. The molecule has 140 valence electrons. The molecule has 0 bridgehead atoms. The number of hydrogen-bond acceptors (Lipinski definition) is 5. The predicted octanol–water partition coefficient (Wildman–Crippen LogP) is 2.40. The van der Waals surface area contributed by atoms with Gasteiger partial charge in [-0.25, -0.2) is 4.98 Å². The van der Waals surface area contributed by atoms with Crippen molar-refractivity contribution in [3.05, 3.63) is 34.7 Å². The molecule has 4 rings (SSSR count). The Labute approximate surface area is 153 Å². The number of carbonyl (C=O) groups is 1. The van der Waals surface area contributed by atoms with E-state index in [0.717, 1.165) is 56.2 Å². The van der Waals surface area contributed by atoms with Crippen LogP contribution in [0.5, 0.6) is 0 Å². The molecule has 2 atom stereocenters. The largest absolute Gasteiger partial charge is 0.360 e.